The largest absolute Gasteiger partial charge is 0.359 e. The highest BCUT2D eigenvalue weighted by atomic mass is 32.2. The molecule has 0 amide bonds. The minimum absolute atomic E-state index is 0.325. The second kappa shape index (κ2) is 10.5. The van der Waals surface area contributed by atoms with Gasteiger partial charge >= 0.3 is 0 Å². The van der Waals surface area contributed by atoms with E-state index in [4.69, 9.17) is 9.97 Å². The Kier molecular flexibility index (Phi) is 7.45. The molecule has 0 saturated heterocycles. The molecule has 0 atom stereocenters. The van der Waals surface area contributed by atoms with E-state index >= 15 is 0 Å². The first-order valence-electron chi connectivity index (χ1n) is 11.7. The van der Waals surface area contributed by atoms with Crippen LogP contribution in [0.5, 0.6) is 0 Å². The van der Waals surface area contributed by atoms with Gasteiger partial charge in [-0.2, -0.15) is 4.98 Å². The summed E-state index contributed by atoms with van der Waals surface area (Å²) in [6.07, 6.45) is 4.18. The first-order valence-corrected chi connectivity index (χ1v) is 13.2. The van der Waals surface area contributed by atoms with Crippen LogP contribution < -0.4 is 14.9 Å². The maximum atomic E-state index is 12.5. The molecule has 2 N–H and O–H groups in total. The highest BCUT2D eigenvalue weighted by Crippen LogP contribution is 2.29. The average Bonchev–Trinajstić information content (AvgIpc) is 2.86. The van der Waals surface area contributed by atoms with E-state index < -0.39 is 10.0 Å². The molecule has 1 heterocycles. The summed E-state index contributed by atoms with van der Waals surface area (Å²) in [5, 5.41) is 4.52. The van der Waals surface area contributed by atoms with Crippen LogP contribution in [0.25, 0.3) is 10.9 Å². The molecule has 1 aromatic heterocycles. The van der Waals surface area contributed by atoms with Crippen LogP contribution in [-0.2, 0) is 10.0 Å². The second-order valence-corrected chi connectivity index (χ2v) is 10.6. The summed E-state index contributed by atoms with van der Waals surface area (Å²) in [5.41, 5.74) is 0.944. The molecule has 7 nitrogen and oxygen atoms in total. The van der Waals surface area contributed by atoms with Gasteiger partial charge in [0.25, 0.3) is 0 Å². The van der Waals surface area contributed by atoms with Gasteiger partial charge in [-0.3, -0.25) is 0 Å². The van der Waals surface area contributed by atoms with Crippen LogP contribution >= 0.6 is 0 Å². The number of rotatable bonds is 9. The summed E-state index contributed by atoms with van der Waals surface area (Å²) < 4.78 is 27.7. The van der Waals surface area contributed by atoms with Crippen LogP contribution in [0.15, 0.2) is 59.5 Å². The van der Waals surface area contributed by atoms with Gasteiger partial charge < -0.3 is 10.2 Å². The molecule has 2 aromatic carbocycles. The van der Waals surface area contributed by atoms with Gasteiger partial charge in [0.15, 0.2) is 0 Å². The maximum Gasteiger partial charge on any atom is 0.240 e. The van der Waals surface area contributed by atoms with Crippen LogP contribution in [0.3, 0.4) is 0 Å². The van der Waals surface area contributed by atoms with Crippen LogP contribution in [0.1, 0.15) is 32.6 Å². The number of anilines is 2. The Labute approximate surface area is 196 Å². The Balaban J connectivity index is 1.30. The molecule has 1 aliphatic carbocycles. The molecule has 1 saturated carbocycles. The third-order valence-electron chi connectivity index (χ3n) is 6.55. The van der Waals surface area contributed by atoms with E-state index in [1.165, 1.54) is 0 Å². The van der Waals surface area contributed by atoms with E-state index in [-0.39, 0.29) is 0 Å². The Bertz CT molecular complexity index is 1160. The van der Waals surface area contributed by atoms with Crippen LogP contribution in [0.2, 0.25) is 0 Å². The summed E-state index contributed by atoms with van der Waals surface area (Å²) >= 11 is 0. The minimum Gasteiger partial charge on any atom is -0.359 e. The van der Waals surface area contributed by atoms with Gasteiger partial charge in [-0.05, 0) is 68.7 Å². The van der Waals surface area contributed by atoms with Crippen LogP contribution in [-0.4, -0.2) is 45.1 Å². The van der Waals surface area contributed by atoms with Crippen molar-refractivity contribution >= 4 is 32.7 Å². The predicted molar refractivity (Wildman–Crippen MR) is 134 cm³/mol. The normalized spacial score (nSPS) is 18.8. The lowest BCUT2D eigenvalue weighted by Crippen LogP contribution is -2.32. The highest BCUT2D eigenvalue weighted by Gasteiger charge is 2.23. The van der Waals surface area contributed by atoms with Crippen molar-refractivity contribution in [3.63, 3.8) is 0 Å². The van der Waals surface area contributed by atoms with Crippen LogP contribution in [0, 0.1) is 11.8 Å². The van der Waals surface area contributed by atoms with E-state index in [2.05, 4.69) is 27.9 Å². The molecular formula is C25H33N5O2S. The Morgan fingerprint density at radius 3 is 2.24 bits per heavy atom. The number of nitrogens with one attached hydrogen (secondary N) is 2. The third kappa shape index (κ3) is 5.81. The third-order valence-corrected chi connectivity index (χ3v) is 7.99. The lowest BCUT2D eigenvalue weighted by Gasteiger charge is -2.29. The Morgan fingerprint density at radius 2 is 1.55 bits per heavy atom. The molecule has 0 radical (unpaired) electrons. The first kappa shape index (κ1) is 23.4. The van der Waals surface area contributed by atoms with E-state index in [1.807, 2.05) is 31.3 Å². The monoisotopic (exact) mass is 467 g/mol. The lowest BCUT2D eigenvalue weighted by atomic mass is 9.82. The number of para-hydroxylation sites is 1. The molecule has 1 aliphatic rings. The number of hydrogen-bond acceptors (Lipinski definition) is 6. The Hall–Kier alpha value is -2.71. The number of benzene rings is 2. The average molecular weight is 468 g/mol. The van der Waals surface area contributed by atoms with Crippen molar-refractivity contribution in [1.82, 2.24) is 14.7 Å². The number of hydrogen-bond donors (Lipinski definition) is 2. The van der Waals surface area contributed by atoms with Crippen molar-refractivity contribution in [3.05, 3.63) is 54.6 Å². The zero-order chi connectivity index (χ0) is 23.3. The molecule has 3 aromatic rings. The van der Waals surface area contributed by atoms with Gasteiger partial charge in [-0.25, -0.2) is 18.1 Å². The predicted octanol–water partition coefficient (Wildman–Crippen LogP) is 4.28. The molecule has 4 rings (SSSR count). The highest BCUT2D eigenvalue weighted by molar-refractivity contribution is 7.89. The summed E-state index contributed by atoms with van der Waals surface area (Å²) in [4.78, 5) is 12.0. The van der Waals surface area contributed by atoms with Crippen molar-refractivity contribution in [2.24, 2.45) is 11.8 Å². The standard InChI is InChI=1S/C25H33N5O2S/c1-3-30(2)24-22-11-7-8-12-23(22)28-25(29-24)26-17-19-13-15-20(16-14-19)18-27-33(31,32)21-9-5-4-6-10-21/h4-12,19-20,27H,3,13-18H2,1-2H3,(H,26,28,29)/t19-,20-. The molecule has 8 heteroatoms. The van der Waals surface area contributed by atoms with Gasteiger partial charge in [0.2, 0.25) is 16.0 Å². The lowest BCUT2D eigenvalue weighted by molar-refractivity contribution is 0.284. The molecule has 0 aliphatic heterocycles. The molecule has 0 unspecified atom stereocenters. The van der Waals surface area contributed by atoms with Gasteiger partial charge in [0.1, 0.15) is 5.82 Å². The SMILES string of the molecule is CCN(C)c1nc(NC[C@H]2CC[C@H](CNS(=O)(=O)c3ccccc3)CC2)nc2ccccc12. The van der Waals surface area contributed by atoms with E-state index in [9.17, 15) is 8.42 Å². The van der Waals surface area contributed by atoms with Crippen molar-refractivity contribution in [2.75, 3.05) is 36.9 Å². The fourth-order valence-electron chi connectivity index (χ4n) is 4.37. The van der Waals surface area contributed by atoms with E-state index in [0.29, 0.717) is 29.2 Å². The van der Waals surface area contributed by atoms with Gasteiger partial charge in [0, 0.05) is 32.1 Å². The molecule has 1 fully saturated rings. The topological polar surface area (TPSA) is 87.2 Å². The minimum atomic E-state index is -3.43. The summed E-state index contributed by atoms with van der Waals surface area (Å²) in [5.74, 6) is 2.53. The van der Waals surface area contributed by atoms with Crippen LogP contribution in [0.4, 0.5) is 11.8 Å². The van der Waals surface area contributed by atoms with E-state index in [1.54, 1.807) is 24.3 Å². The van der Waals surface area contributed by atoms with Crippen molar-refractivity contribution < 1.29 is 8.42 Å². The fraction of sp³-hybridized carbons (Fsp3) is 0.440. The molecular weight excluding hydrogens is 434 g/mol. The maximum absolute atomic E-state index is 12.5. The number of fused-ring (bicyclic) bond motifs is 1. The van der Waals surface area contributed by atoms with Crippen molar-refractivity contribution in [3.8, 4) is 0 Å². The second-order valence-electron chi connectivity index (χ2n) is 8.83. The fourth-order valence-corrected chi connectivity index (χ4v) is 5.50. The molecule has 0 spiro atoms. The van der Waals surface area contributed by atoms with Crippen molar-refractivity contribution in [2.45, 2.75) is 37.5 Å². The molecule has 176 valence electrons. The summed E-state index contributed by atoms with van der Waals surface area (Å²) in [7, 11) is -1.39. The summed E-state index contributed by atoms with van der Waals surface area (Å²) in [6, 6.07) is 16.7. The molecule has 0 bridgehead atoms. The zero-order valence-corrected chi connectivity index (χ0v) is 20.2. The molecule has 33 heavy (non-hydrogen) atoms. The smallest absolute Gasteiger partial charge is 0.240 e. The Morgan fingerprint density at radius 1 is 0.909 bits per heavy atom. The number of sulfonamides is 1. The first-order chi connectivity index (χ1) is 16.0. The summed E-state index contributed by atoms with van der Waals surface area (Å²) in [6.45, 7) is 4.31. The quantitative estimate of drug-likeness (QED) is 0.488. The van der Waals surface area contributed by atoms with E-state index in [0.717, 1.165) is 55.5 Å². The number of nitrogens with zero attached hydrogens (tertiary/aromatic N) is 3. The van der Waals surface area contributed by atoms with Crippen molar-refractivity contribution in [1.29, 1.82) is 0 Å². The zero-order valence-electron chi connectivity index (χ0n) is 19.4. The van der Waals surface area contributed by atoms with Gasteiger partial charge in [0.05, 0.1) is 10.4 Å². The number of aromatic nitrogens is 2. The van der Waals surface area contributed by atoms with Gasteiger partial charge in [-0.1, -0.05) is 30.3 Å². The van der Waals surface area contributed by atoms with Gasteiger partial charge in [-0.15, -0.1) is 0 Å².